The molecule has 1 unspecified atom stereocenters. The summed E-state index contributed by atoms with van der Waals surface area (Å²) < 4.78 is 11.2. The second kappa shape index (κ2) is 8.64. The molecule has 1 aromatic heterocycles. The van der Waals surface area contributed by atoms with Crippen LogP contribution in [0.4, 0.5) is 5.13 Å². The molecule has 2 aliphatic heterocycles. The fraction of sp³-hybridized carbons (Fsp3) is 0.348. The minimum Gasteiger partial charge on any atom is -0.484 e. The zero-order valence-electron chi connectivity index (χ0n) is 17.0. The fourth-order valence-corrected chi connectivity index (χ4v) is 4.95. The van der Waals surface area contributed by atoms with Crippen molar-refractivity contribution in [2.75, 3.05) is 25.1 Å². The van der Waals surface area contributed by atoms with E-state index in [9.17, 15) is 9.59 Å². The molecule has 0 saturated carbocycles. The molecule has 1 atom stereocenters. The molecule has 1 saturated heterocycles. The fourth-order valence-electron chi connectivity index (χ4n) is 3.93. The maximum atomic E-state index is 12.7. The molecule has 3 heterocycles. The molecule has 0 aliphatic carbocycles. The van der Waals surface area contributed by atoms with Crippen molar-refractivity contribution in [3.63, 3.8) is 0 Å². The Morgan fingerprint density at radius 1 is 1.23 bits per heavy atom. The van der Waals surface area contributed by atoms with Crippen molar-refractivity contribution in [2.24, 2.45) is 0 Å². The van der Waals surface area contributed by atoms with E-state index in [1.165, 1.54) is 11.3 Å². The van der Waals surface area contributed by atoms with Gasteiger partial charge in [-0.1, -0.05) is 41.7 Å². The van der Waals surface area contributed by atoms with Crippen molar-refractivity contribution < 1.29 is 19.1 Å². The van der Waals surface area contributed by atoms with Gasteiger partial charge in [-0.3, -0.25) is 14.9 Å². The Hall–Kier alpha value is -2.97. The predicted molar refractivity (Wildman–Crippen MR) is 118 cm³/mol. The molecule has 0 spiro atoms. The smallest absolute Gasteiger partial charge is 0.260 e. The SMILES string of the molecule is O=C(Nc1nc2c(s1)CN(C(=O)COc1ccc3ccccc3c1)CC2)C1CCCO1. The van der Waals surface area contributed by atoms with Gasteiger partial charge < -0.3 is 14.4 Å². The van der Waals surface area contributed by atoms with Crippen molar-refractivity contribution in [3.8, 4) is 5.75 Å². The normalized spacial score (nSPS) is 18.1. The van der Waals surface area contributed by atoms with Crippen LogP contribution < -0.4 is 10.1 Å². The quantitative estimate of drug-likeness (QED) is 0.662. The number of carbonyl (C=O) groups is 2. The lowest BCUT2D eigenvalue weighted by molar-refractivity contribution is -0.134. The first-order valence-electron chi connectivity index (χ1n) is 10.5. The van der Waals surface area contributed by atoms with E-state index >= 15 is 0 Å². The molecule has 2 amide bonds. The van der Waals surface area contributed by atoms with E-state index in [-0.39, 0.29) is 24.5 Å². The number of rotatable bonds is 5. The molecular formula is C23H23N3O4S. The van der Waals surface area contributed by atoms with Crippen molar-refractivity contribution >= 4 is 39.1 Å². The molecule has 3 aromatic rings. The highest BCUT2D eigenvalue weighted by Crippen LogP contribution is 2.29. The van der Waals surface area contributed by atoms with E-state index in [1.807, 2.05) is 42.5 Å². The summed E-state index contributed by atoms with van der Waals surface area (Å²) >= 11 is 1.43. The second-order valence-electron chi connectivity index (χ2n) is 7.74. The summed E-state index contributed by atoms with van der Waals surface area (Å²) in [5.74, 6) is 0.485. The van der Waals surface area contributed by atoms with E-state index < -0.39 is 0 Å². The van der Waals surface area contributed by atoms with Gasteiger partial charge in [-0.15, -0.1) is 0 Å². The second-order valence-corrected chi connectivity index (χ2v) is 8.83. The number of benzene rings is 2. The van der Waals surface area contributed by atoms with Crippen LogP contribution >= 0.6 is 11.3 Å². The lowest BCUT2D eigenvalue weighted by Gasteiger charge is -2.26. The van der Waals surface area contributed by atoms with Crippen LogP contribution in [-0.2, 0) is 27.3 Å². The third-order valence-electron chi connectivity index (χ3n) is 5.62. The predicted octanol–water partition coefficient (Wildman–Crippen LogP) is 3.38. The van der Waals surface area contributed by atoms with Gasteiger partial charge in [-0.25, -0.2) is 4.98 Å². The van der Waals surface area contributed by atoms with Gasteiger partial charge in [-0.05, 0) is 35.7 Å². The Bertz CT molecular complexity index is 1120. The van der Waals surface area contributed by atoms with Gasteiger partial charge in [0.2, 0.25) is 0 Å². The molecule has 2 aliphatic rings. The van der Waals surface area contributed by atoms with Gasteiger partial charge in [0.15, 0.2) is 11.7 Å². The lowest BCUT2D eigenvalue weighted by atomic mass is 10.1. The molecule has 1 fully saturated rings. The van der Waals surface area contributed by atoms with Crippen LogP contribution in [0.25, 0.3) is 10.8 Å². The number of carbonyl (C=O) groups excluding carboxylic acids is 2. The third-order valence-corrected chi connectivity index (χ3v) is 6.62. The maximum Gasteiger partial charge on any atom is 0.260 e. The summed E-state index contributed by atoms with van der Waals surface area (Å²) in [6, 6.07) is 13.9. The van der Waals surface area contributed by atoms with E-state index in [2.05, 4.69) is 10.3 Å². The molecule has 5 rings (SSSR count). The zero-order valence-corrected chi connectivity index (χ0v) is 17.8. The van der Waals surface area contributed by atoms with Gasteiger partial charge in [-0.2, -0.15) is 0 Å². The minimum atomic E-state index is -0.383. The highest BCUT2D eigenvalue weighted by Gasteiger charge is 2.27. The summed E-state index contributed by atoms with van der Waals surface area (Å²) in [5.41, 5.74) is 0.951. The average Bonchev–Trinajstić information content (AvgIpc) is 3.46. The van der Waals surface area contributed by atoms with Crippen LogP contribution in [0.1, 0.15) is 23.4 Å². The topological polar surface area (TPSA) is 80.8 Å². The van der Waals surface area contributed by atoms with Crippen molar-refractivity contribution in [3.05, 3.63) is 53.0 Å². The van der Waals surface area contributed by atoms with Crippen molar-refractivity contribution in [2.45, 2.75) is 31.9 Å². The summed E-state index contributed by atoms with van der Waals surface area (Å²) in [6.07, 6.45) is 1.94. The summed E-state index contributed by atoms with van der Waals surface area (Å²) in [6.45, 7) is 1.71. The van der Waals surface area contributed by atoms with Crippen LogP contribution in [-0.4, -0.2) is 47.6 Å². The number of anilines is 1. The first kappa shape index (κ1) is 20.0. The van der Waals surface area contributed by atoms with Gasteiger partial charge in [0.05, 0.1) is 12.2 Å². The zero-order chi connectivity index (χ0) is 21.2. The number of nitrogens with one attached hydrogen (secondary N) is 1. The molecule has 7 nitrogen and oxygen atoms in total. The first-order chi connectivity index (χ1) is 15.2. The Balaban J connectivity index is 1.18. The summed E-state index contributed by atoms with van der Waals surface area (Å²) in [7, 11) is 0. The lowest BCUT2D eigenvalue weighted by Crippen LogP contribution is -2.38. The van der Waals surface area contributed by atoms with Crippen molar-refractivity contribution in [1.82, 2.24) is 9.88 Å². The maximum absolute atomic E-state index is 12.7. The first-order valence-corrected chi connectivity index (χ1v) is 11.3. The van der Waals surface area contributed by atoms with E-state index in [4.69, 9.17) is 9.47 Å². The molecule has 31 heavy (non-hydrogen) atoms. The summed E-state index contributed by atoms with van der Waals surface area (Å²) in [5, 5.41) is 5.66. The number of ether oxygens (including phenoxy) is 2. The molecule has 0 bridgehead atoms. The number of hydrogen-bond acceptors (Lipinski definition) is 6. The van der Waals surface area contributed by atoms with Crippen LogP contribution in [0.5, 0.6) is 5.75 Å². The number of hydrogen-bond donors (Lipinski definition) is 1. The number of fused-ring (bicyclic) bond motifs is 2. The molecule has 1 N–H and O–H groups in total. The van der Waals surface area contributed by atoms with Crippen LogP contribution in [0.3, 0.4) is 0 Å². The van der Waals surface area contributed by atoms with Gasteiger partial charge in [0, 0.05) is 24.4 Å². The number of thiazole rings is 1. The average molecular weight is 438 g/mol. The highest BCUT2D eigenvalue weighted by molar-refractivity contribution is 7.15. The molecule has 0 radical (unpaired) electrons. The summed E-state index contributed by atoms with van der Waals surface area (Å²) in [4.78, 5) is 32.3. The minimum absolute atomic E-state index is 0.00487. The van der Waals surface area contributed by atoms with Gasteiger partial charge in [0.1, 0.15) is 11.9 Å². The van der Waals surface area contributed by atoms with E-state index in [1.54, 1.807) is 4.90 Å². The van der Waals surface area contributed by atoms with E-state index in [0.29, 0.717) is 37.0 Å². The van der Waals surface area contributed by atoms with Crippen LogP contribution in [0, 0.1) is 0 Å². The molecule has 2 aromatic carbocycles. The Morgan fingerprint density at radius 3 is 2.94 bits per heavy atom. The Morgan fingerprint density at radius 2 is 2.10 bits per heavy atom. The monoisotopic (exact) mass is 437 g/mol. The standard InChI is InChI=1S/C23H23N3O4S/c27-21(14-30-17-8-7-15-4-1-2-5-16(15)12-17)26-10-9-18-20(13-26)31-23(24-18)25-22(28)19-6-3-11-29-19/h1-2,4-5,7-8,12,19H,3,6,9-11,13-14H2,(H,24,25,28). The molecular weight excluding hydrogens is 414 g/mol. The molecule has 8 heteroatoms. The highest BCUT2D eigenvalue weighted by atomic mass is 32.1. The number of aromatic nitrogens is 1. The van der Waals surface area contributed by atoms with Crippen molar-refractivity contribution in [1.29, 1.82) is 0 Å². The van der Waals surface area contributed by atoms with Gasteiger partial charge >= 0.3 is 0 Å². The number of amides is 2. The third kappa shape index (κ3) is 4.40. The largest absolute Gasteiger partial charge is 0.484 e. The van der Waals surface area contributed by atoms with Gasteiger partial charge in [0.25, 0.3) is 11.8 Å². The molecule has 160 valence electrons. The van der Waals surface area contributed by atoms with Crippen LogP contribution in [0.15, 0.2) is 42.5 Å². The Labute approximate surface area is 184 Å². The number of nitrogens with zero attached hydrogens (tertiary/aromatic N) is 2. The van der Waals surface area contributed by atoms with Crippen LogP contribution in [0.2, 0.25) is 0 Å². The van der Waals surface area contributed by atoms with E-state index in [0.717, 1.165) is 34.2 Å². The Kier molecular flexibility index (Phi) is 5.57.